The number of ketones is 1. The third-order valence-corrected chi connectivity index (χ3v) is 2.95. The second-order valence-corrected chi connectivity index (χ2v) is 5.98. The van der Waals surface area contributed by atoms with E-state index >= 15 is 0 Å². The Morgan fingerprint density at radius 1 is 1.31 bits per heavy atom. The molecule has 92 valence electrons. The summed E-state index contributed by atoms with van der Waals surface area (Å²) in [6.45, 7) is 9.59. The smallest absolute Gasteiger partial charge is 0.189 e. The molecule has 16 heavy (non-hydrogen) atoms. The van der Waals surface area contributed by atoms with Crippen LogP contribution >= 0.6 is 0 Å². The van der Waals surface area contributed by atoms with E-state index in [9.17, 15) is 4.79 Å². The number of nitrogens with zero attached hydrogens (tertiary/aromatic N) is 1. The van der Waals surface area contributed by atoms with E-state index < -0.39 is 0 Å². The topological polar surface area (TPSA) is 32.3 Å². The second-order valence-electron chi connectivity index (χ2n) is 5.98. The first kappa shape index (κ1) is 13.1. The summed E-state index contributed by atoms with van der Waals surface area (Å²) in [6.07, 6.45) is 1.11. The Bertz CT molecular complexity index is 310. The summed E-state index contributed by atoms with van der Waals surface area (Å²) in [5, 5.41) is 3.40. The maximum absolute atomic E-state index is 11.6. The van der Waals surface area contributed by atoms with Gasteiger partial charge in [-0.15, -0.1) is 0 Å². The van der Waals surface area contributed by atoms with Crippen molar-refractivity contribution in [1.29, 1.82) is 0 Å². The van der Waals surface area contributed by atoms with Gasteiger partial charge in [-0.3, -0.25) is 4.79 Å². The minimum absolute atomic E-state index is 0.0531. The van der Waals surface area contributed by atoms with Crippen molar-refractivity contribution in [2.75, 3.05) is 20.6 Å². The molecule has 0 radical (unpaired) electrons. The van der Waals surface area contributed by atoms with E-state index in [4.69, 9.17) is 0 Å². The molecule has 1 atom stereocenters. The number of Topliss-reactive ketones (excluding diaryl/α,β-unsaturated/α-hetero) is 1. The van der Waals surface area contributed by atoms with E-state index in [1.165, 1.54) is 0 Å². The van der Waals surface area contributed by atoms with Crippen LogP contribution in [0.4, 0.5) is 0 Å². The molecule has 1 unspecified atom stereocenters. The number of nitrogens with one attached hydrogen (secondary N) is 1. The molecule has 0 aromatic rings. The highest BCUT2D eigenvalue weighted by molar-refractivity contribution is 6.05. The van der Waals surface area contributed by atoms with Crippen LogP contribution in [0.5, 0.6) is 0 Å². The SMILES string of the molecule is CC1C(=O)C(N(C)C)=C1NCCC(C)(C)C. The van der Waals surface area contributed by atoms with Gasteiger partial charge in [-0.25, -0.2) is 0 Å². The molecule has 3 nitrogen and oxygen atoms in total. The standard InChI is InChI=1S/C13H24N2O/c1-9-10(11(12(9)16)15(5)6)14-8-7-13(2,3)4/h9,14H,7-8H2,1-6H3. The average Bonchev–Trinajstić information content (AvgIpc) is 2.13. The van der Waals surface area contributed by atoms with E-state index in [1.54, 1.807) is 0 Å². The van der Waals surface area contributed by atoms with Crippen LogP contribution in [0.2, 0.25) is 0 Å². The molecule has 0 amide bonds. The first-order chi connectivity index (χ1) is 7.24. The van der Waals surface area contributed by atoms with Crippen molar-refractivity contribution in [3.05, 3.63) is 11.4 Å². The van der Waals surface area contributed by atoms with Gasteiger partial charge < -0.3 is 10.2 Å². The Labute approximate surface area is 98.9 Å². The highest BCUT2D eigenvalue weighted by atomic mass is 16.1. The van der Waals surface area contributed by atoms with Gasteiger partial charge in [-0.05, 0) is 18.8 Å². The summed E-state index contributed by atoms with van der Waals surface area (Å²) < 4.78 is 0. The molecule has 3 heteroatoms. The molecule has 1 rings (SSSR count). The van der Waals surface area contributed by atoms with Gasteiger partial charge in [0.05, 0.1) is 5.92 Å². The first-order valence-electron chi connectivity index (χ1n) is 5.93. The zero-order valence-electron chi connectivity index (χ0n) is 11.3. The van der Waals surface area contributed by atoms with E-state index in [2.05, 4.69) is 26.1 Å². The quantitative estimate of drug-likeness (QED) is 0.793. The van der Waals surface area contributed by atoms with Crippen LogP contribution in [-0.4, -0.2) is 31.3 Å². The summed E-state index contributed by atoms with van der Waals surface area (Å²) in [7, 11) is 3.84. The number of carbonyl (C=O) groups is 1. The van der Waals surface area contributed by atoms with E-state index in [1.807, 2.05) is 25.9 Å². The van der Waals surface area contributed by atoms with Crippen LogP contribution in [-0.2, 0) is 4.79 Å². The lowest BCUT2D eigenvalue weighted by Crippen LogP contribution is -2.43. The Kier molecular flexibility index (Phi) is 3.66. The molecule has 0 aliphatic heterocycles. The summed E-state index contributed by atoms with van der Waals surface area (Å²) in [4.78, 5) is 13.5. The van der Waals surface area contributed by atoms with Crippen LogP contribution in [0.25, 0.3) is 0 Å². The number of rotatable bonds is 4. The average molecular weight is 224 g/mol. The summed E-state index contributed by atoms with van der Waals surface area (Å²) in [6, 6.07) is 0. The molecule has 1 aliphatic rings. The monoisotopic (exact) mass is 224 g/mol. The van der Waals surface area contributed by atoms with Crippen molar-refractivity contribution in [1.82, 2.24) is 10.2 Å². The number of hydrogen-bond acceptors (Lipinski definition) is 3. The maximum Gasteiger partial charge on any atom is 0.189 e. The first-order valence-corrected chi connectivity index (χ1v) is 5.93. The van der Waals surface area contributed by atoms with Crippen LogP contribution < -0.4 is 5.32 Å². The van der Waals surface area contributed by atoms with Crippen LogP contribution in [0.1, 0.15) is 34.1 Å². The summed E-state index contributed by atoms with van der Waals surface area (Å²) in [5.41, 5.74) is 2.30. The lowest BCUT2D eigenvalue weighted by molar-refractivity contribution is -0.121. The van der Waals surface area contributed by atoms with Crippen molar-refractivity contribution >= 4 is 5.78 Å². The van der Waals surface area contributed by atoms with Crippen molar-refractivity contribution < 1.29 is 4.79 Å². The fourth-order valence-electron chi connectivity index (χ4n) is 1.87. The van der Waals surface area contributed by atoms with Gasteiger partial charge in [-0.2, -0.15) is 0 Å². The van der Waals surface area contributed by atoms with Crippen LogP contribution in [0.3, 0.4) is 0 Å². The van der Waals surface area contributed by atoms with E-state index in [0.29, 0.717) is 5.41 Å². The molecule has 0 heterocycles. The normalized spacial score (nSPS) is 20.9. The predicted molar refractivity (Wildman–Crippen MR) is 67.0 cm³/mol. The van der Waals surface area contributed by atoms with Crippen LogP contribution in [0, 0.1) is 11.3 Å². The Morgan fingerprint density at radius 2 is 1.88 bits per heavy atom. The summed E-state index contributed by atoms with van der Waals surface area (Å²) >= 11 is 0. The number of hydrogen-bond donors (Lipinski definition) is 1. The van der Waals surface area contributed by atoms with Gasteiger partial charge in [0.1, 0.15) is 5.70 Å². The minimum atomic E-state index is 0.0531. The molecular formula is C13H24N2O. The second kappa shape index (κ2) is 4.48. The predicted octanol–water partition coefficient (Wildman–Crippen LogP) is 2.00. The Balaban J connectivity index is 2.57. The largest absolute Gasteiger partial charge is 0.386 e. The summed E-state index contributed by atoms with van der Waals surface area (Å²) in [5.74, 6) is 0.306. The number of allylic oxidation sites excluding steroid dienone is 2. The van der Waals surface area contributed by atoms with Gasteiger partial charge in [0.15, 0.2) is 5.78 Å². The van der Waals surface area contributed by atoms with Gasteiger partial charge in [0.25, 0.3) is 0 Å². The maximum atomic E-state index is 11.6. The fourth-order valence-corrected chi connectivity index (χ4v) is 1.87. The van der Waals surface area contributed by atoms with Gasteiger partial charge in [-0.1, -0.05) is 20.8 Å². The minimum Gasteiger partial charge on any atom is -0.386 e. The third-order valence-electron chi connectivity index (χ3n) is 2.95. The van der Waals surface area contributed by atoms with Gasteiger partial charge in [0, 0.05) is 26.3 Å². The number of carbonyl (C=O) groups excluding carboxylic acids is 1. The zero-order chi connectivity index (χ0) is 12.5. The molecule has 0 saturated carbocycles. The van der Waals surface area contributed by atoms with Crippen molar-refractivity contribution in [3.63, 3.8) is 0 Å². The molecule has 0 bridgehead atoms. The zero-order valence-corrected chi connectivity index (χ0v) is 11.3. The molecule has 0 saturated heterocycles. The molecule has 0 spiro atoms. The van der Waals surface area contributed by atoms with Crippen LogP contribution in [0.15, 0.2) is 11.4 Å². The molecule has 0 fully saturated rings. The number of likely N-dealkylation sites (N-methyl/N-ethyl adjacent to an activating group) is 1. The fraction of sp³-hybridized carbons (Fsp3) is 0.769. The highest BCUT2D eigenvalue weighted by Gasteiger charge is 2.36. The molecular weight excluding hydrogens is 200 g/mol. The lowest BCUT2D eigenvalue weighted by Gasteiger charge is -2.34. The Morgan fingerprint density at radius 3 is 2.31 bits per heavy atom. The van der Waals surface area contributed by atoms with E-state index in [0.717, 1.165) is 24.4 Å². The lowest BCUT2D eigenvalue weighted by atomic mass is 9.85. The van der Waals surface area contributed by atoms with Gasteiger partial charge >= 0.3 is 0 Å². The molecule has 0 aromatic carbocycles. The third kappa shape index (κ3) is 2.77. The molecule has 1 aliphatic carbocycles. The van der Waals surface area contributed by atoms with Gasteiger partial charge in [0.2, 0.25) is 0 Å². The van der Waals surface area contributed by atoms with Crippen molar-refractivity contribution in [2.24, 2.45) is 11.3 Å². The molecule has 0 aromatic heterocycles. The highest BCUT2D eigenvalue weighted by Crippen LogP contribution is 2.30. The molecule has 1 N–H and O–H groups in total. The Hall–Kier alpha value is -0.990. The van der Waals surface area contributed by atoms with Crippen molar-refractivity contribution in [3.8, 4) is 0 Å². The van der Waals surface area contributed by atoms with E-state index in [-0.39, 0.29) is 11.7 Å². The van der Waals surface area contributed by atoms with Crippen molar-refractivity contribution in [2.45, 2.75) is 34.1 Å².